The van der Waals surface area contributed by atoms with E-state index in [1.807, 2.05) is 18.2 Å². The van der Waals surface area contributed by atoms with Gasteiger partial charge in [0.25, 0.3) is 0 Å². The zero-order chi connectivity index (χ0) is 20.7. The maximum absolute atomic E-state index is 5.39. The minimum absolute atomic E-state index is 0.646. The lowest BCUT2D eigenvalue weighted by atomic mass is 10.3. The standard InChI is InChI=1S/3C6H8N2.C3H8/c7-5-1-2-6(8)4-3-5;7-5-2-1-3-6(8)4-5;7-5-3-1-2-4-6(5)8;1-3-2/h3*1-4H,7-8H2;3H2,1-2H3. The third kappa shape index (κ3) is 12.5. The van der Waals surface area contributed by atoms with E-state index in [0.29, 0.717) is 22.7 Å². The van der Waals surface area contributed by atoms with Crippen LogP contribution < -0.4 is 34.4 Å². The van der Waals surface area contributed by atoms with Gasteiger partial charge in [-0.25, -0.2) is 0 Å². The molecule has 0 atom stereocenters. The Kier molecular flexibility index (Phi) is 11.9. The lowest BCUT2D eigenvalue weighted by molar-refractivity contribution is 1.09. The molecule has 0 fully saturated rings. The first-order valence-electron chi connectivity index (χ1n) is 8.62. The summed E-state index contributed by atoms with van der Waals surface area (Å²) in [5.41, 5.74) is 36.5. The van der Waals surface area contributed by atoms with Gasteiger partial charge in [0.2, 0.25) is 0 Å². The highest BCUT2D eigenvalue weighted by Gasteiger charge is 1.85. The van der Waals surface area contributed by atoms with E-state index in [4.69, 9.17) is 34.4 Å². The van der Waals surface area contributed by atoms with Crippen molar-refractivity contribution in [2.75, 3.05) is 34.4 Å². The molecular formula is C21H32N6. The zero-order valence-corrected chi connectivity index (χ0v) is 16.1. The van der Waals surface area contributed by atoms with Crippen molar-refractivity contribution in [3.8, 4) is 0 Å². The van der Waals surface area contributed by atoms with Gasteiger partial charge in [0.05, 0.1) is 11.4 Å². The second-order valence-corrected chi connectivity index (χ2v) is 5.67. The SMILES string of the molecule is CCC.Nc1ccc(N)cc1.Nc1cccc(N)c1.Nc1ccccc1N. The number of anilines is 6. The Balaban J connectivity index is 0.000000350. The van der Waals surface area contributed by atoms with Crippen LogP contribution in [0.5, 0.6) is 0 Å². The molecule has 0 saturated heterocycles. The van der Waals surface area contributed by atoms with Crippen LogP contribution in [-0.2, 0) is 0 Å². The summed E-state index contributed by atoms with van der Waals surface area (Å²) in [5, 5.41) is 0. The third-order valence-corrected chi connectivity index (χ3v) is 2.84. The topological polar surface area (TPSA) is 156 Å². The molecule has 0 aliphatic rings. The number of hydrogen-bond acceptors (Lipinski definition) is 6. The summed E-state index contributed by atoms with van der Waals surface area (Å²) in [4.78, 5) is 0. The van der Waals surface area contributed by atoms with Crippen molar-refractivity contribution in [3.63, 3.8) is 0 Å². The third-order valence-electron chi connectivity index (χ3n) is 2.84. The second-order valence-electron chi connectivity index (χ2n) is 5.67. The molecule has 0 heterocycles. The molecule has 3 rings (SSSR count). The summed E-state index contributed by atoms with van der Waals surface area (Å²) in [5.74, 6) is 0. The van der Waals surface area contributed by atoms with E-state index in [0.717, 1.165) is 11.4 Å². The van der Waals surface area contributed by atoms with Crippen LogP contribution in [0.1, 0.15) is 20.3 Å². The molecule has 0 aliphatic heterocycles. The highest BCUT2D eigenvalue weighted by molar-refractivity contribution is 5.62. The Hall–Kier alpha value is -3.54. The molecule has 0 bridgehead atoms. The minimum Gasteiger partial charge on any atom is -0.399 e. The van der Waals surface area contributed by atoms with E-state index in [2.05, 4.69) is 13.8 Å². The number of benzene rings is 3. The highest BCUT2D eigenvalue weighted by atomic mass is 14.7. The Labute approximate surface area is 162 Å². The molecule has 0 spiro atoms. The van der Waals surface area contributed by atoms with Crippen LogP contribution in [-0.4, -0.2) is 0 Å². The molecule has 6 heteroatoms. The molecule has 0 aliphatic carbocycles. The number of rotatable bonds is 0. The molecule has 0 amide bonds. The molecule has 6 nitrogen and oxygen atoms in total. The van der Waals surface area contributed by atoms with Gasteiger partial charge in [-0.2, -0.15) is 0 Å². The van der Waals surface area contributed by atoms with Gasteiger partial charge in [0, 0.05) is 22.7 Å². The quantitative estimate of drug-likeness (QED) is 0.330. The van der Waals surface area contributed by atoms with E-state index in [9.17, 15) is 0 Å². The fourth-order valence-corrected chi connectivity index (χ4v) is 1.57. The summed E-state index contributed by atoms with van der Waals surface area (Å²) >= 11 is 0. The first-order valence-corrected chi connectivity index (χ1v) is 8.62. The smallest absolute Gasteiger partial charge is 0.0547 e. The fraction of sp³-hybridized carbons (Fsp3) is 0.143. The van der Waals surface area contributed by atoms with Gasteiger partial charge >= 0.3 is 0 Å². The van der Waals surface area contributed by atoms with Gasteiger partial charge in [-0.05, 0) is 54.6 Å². The molecule has 0 aromatic heterocycles. The van der Waals surface area contributed by atoms with E-state index < -0.39 is 0 Å². The van der Waals surface area contributed by atoms with Gasteiger partial charge in [0.1, 0.15) is 0 Å². The van der Waals surface area contributed by atoms with Crippen molar-refractivity contribution >= 4 is 34.1 Å². The summed E-state index contributed by atoms with van der Waals surface area (Å²) < 4.78 is 0. The van der Waals surface area contributed by atoms with Gasteiger partial charge in [-0.3, -0.25) is 0 Å². The number of nitrogen functional groups attached to an aromatic ring is 6. The molecule has 27 heavy (non-hydrogen) atoms. The largest absolute Gasteiger partial charge is 0.399 e. The van der Waals surface area contributed by atoms with Crippen LogP contribution >= 0.6 is 0 Å². The lowest BCUT2D eigenvalue weighted by Gasteiger charge is -1.94. The van der Waals surface area contributed by atoms with Crippen molar-refractivity contribution in [1.82, 2.24) is 0 Å². The van der Waals surface area contributed by atoms with Gasteiger partial charge in [0.15, 0.2) is 0 Å². The normalized spacial score (nSPS) is 8.67. The van der Waals surface area contributed by atoms with Crippen molar-refractivity contribution in [3.05, 3.63) is 72.8 Å². The lowest BCUT2D eigenvalue weighted by Crippen LogP contribution is -1.91. The first kappa shape index (κ1) is 23.5. The maximum atomic E-state index is 5.39. The van der Waals surface area contributed by atoms with Crippen LogP contribution in [0, 0.1) is 0 Å². The van der Waals surface area contributed by atoms with Crippen LogP contribution in [0.15, 0.2) is 72.8 Å². The Bertz CT molecular complexity index is 697. The van der Waals surface area contributed by atoms with Crippen molar-refractivity contribution in [2.45, 2.75) is 20.3 Å². The van der Waals surface area contributed by atoms with Crippen LogP contribution in [0.25, 0.3) is 0 Å². The molecule has 146 valence electrons. The fourth-order valence-electron chi connectivity index (χ4n) is 1.57. The molecule has 3 aromatic carbocycles. The van der Waals surface area contributed by atoms with Gasteiger partial charge in [-0.1, -0.05) is 38.5 Å². The van der Waals surface area contributed by atoms with Crippen LogP contribution in [0.4, 0.5) is 34.1 Å². The minimum atomic E-state index is 0.646. The summed E-state index contributed by atoms with van der Waals surface area (Å²) in [6, 6.07) is 21.5. The monoisotopic (exact) mass is 368 g/mol. The molecule has 0 radical (unpaired) electrons. The van der Waals surface area contributed by atoms with Crippen molar-refractivity contribution in [1.29, 1.82) is 0 Å². The van der Waals surface area contributed by atoms with Crippen molar-refractivity contribution in [2.24, 2.45) is 0 Å². The van der Waals surface area contributed by atoms with Crippen molar-refractivity contribution < 1.29 is 0 Å². The highest BCUT2D eigenvalue weighted by Crippen LogP contribution is 2.10. The molecule has 0 saturated carbocycles. The molecular weight excluding hydrogens is 336 g/mol. The zero-order valence-electron chi connectivity index (χ0n) is 16.1. The van der Waals surface area contributed by atoms with Gasteiger partial charge < -0.3 is 34.4 Å². The predicted molar refractivity (Wildman–Crippen MR) is 122 cm³/mol. The molecule has 3 aromatic rings. The Morgan fingerprint density at radius 1 is 0.481 bits per heavy atom. The number of hydrogen-bond donors (Lipinski definition) is 6. The number of para-hydroxylation sites is 2. The van der Waals surface area contributed by atoms with Gasteiger partial charge in [-0.15, -0.1) is 0 Å². The Morgan fingerprint density at radius 2 is 0.815 bits per heavy atom. The summed E-state index contributed by atoms with van der Waals surface area (Å²) in [7, 11) is 0. The van der Waals surface area contributed by atoms with E-state index in [-0.39, 0.29) is 0 Å². The van der Waals surface area contributed by atoms with E-state index >= 15 is 0 Å². The first-order chi connectivity index (χ1) is 12.8. The summed E-state index contributed by atoms with van der Waals surface area (Å²) in [6.45, 7) is 4.25. The van der Waals surface area contributed by atoms with E-state index in [1.54, 1.807) is 54.6 Å². The molecule has 12 N–H and O–H groups in total. The second kappa shape index (κ2) is 13.7. The van der Waals surface area contributed by atoms with E-state index in [1.165, 1.54) is 6.42 Å². The molecule has 0 unspecified atom stereocenters. The summed E-state index contributed by atoms with van der Waals surface area (Å²) in [6.07, 6.45) is 1.25. The predicted octanol–water partition coefficient (Wildman–Crippen LogP) is 3.97. The average Bonchev–Trinajstić information content (AvgIpc) is 2.62. The van der Waals surface area contributed by atoms with Crippen LogP contribution in [0.3, 0.4) is 0 Å². The van der Waals surface area contributed by atoms with Crippen LogP contribution in [0.2, 0.25) is 0 Å². The maximum Gasteiger partial charge on any atom is 0.0547 e. The number of nitrogens with two attached hydrogens (primary N) is 6. The Morgan fingerprint density at radius 3 is 1.04 bits per heavy atom. The average molecular weight is 369 g/mol.